The third kappa shape index (κ3) is 10.1. The lowest BCUT2D eigenvalue weighted by Crippen LogP contribution is -2.23. The highest BCUT2D eigenvalue weighted by Crippen LogP contribution is 2.65. The molecule has 0 aromatic heterocycles. The number of hydrogen-bond donors (Lipinski definition) is 0. The Morgan fingerprint density at radius 3 is 1.26 bits per heavy atom. The molecule has 3 heterocycles. The highest BCUT2D eigenvalue weighted by atomic mass is 16.6. The van der Waals surface area contributed by atoms with E-state index in [4.69, 9.17) is 28.4 Å². The first kappa shape index (κ1) is 43.0. The molecule has 12 rings (SSSR count). The number of epoxide rings is 3. The Kier molecular flexibility index (Phi) is 15.2. The van der Waals surface area contributed by atoms with Crippen LogP contribution in [0.5, 0.6) is 17.2 Å². The number of fused-ring (bicyclic) bond motifs is 10. The number of hydrogen-bond acceptors (Lipinski definition) is 6. The zero-order chi connectivity index (χ0) is 39.1. The molecular weight excluding hydrogens is 721 g/mol. The van der Waals surface area contributed by atoms with Crippen molar-refractivity contribution in [1.29, 1.82) is 0 Å². The molecule has 3 aromatic rings. The maximum Gasteiger partial charge on any atom is 0.122 e. The van der Waals surface area contributed by atoms with E-state index in [1.54, 1.807) is 0 Å². The summed E-state index contributed by atoms with van der Waals surface area (Å²) in [5.41, 5.74) is 2.96. The van der Waals surface area contributed by atoms with Crippen molar-refractivity contribution < 1.29 is 28.4 Å². The fourth-order valence-electron chi connectivity index (χ4n) is 12.3. The van der Waals surface area contributed by atoms with Crippen LogP contribution in [0.1, 0.15) is 122 Å². The Hall–Kier alpha value is -3.06. The predicted octanol–water partition coefficient (Wildman–Crippen LogP) is 12.2. The van der Waals surface area contributed by atoms with E-state index in [9.17, 15) is 0 Å². The van der Waals surface area contributed by atoms with E-state index in [0.717, 1.165) is 109 Å². The molecule has 0 N–H and O–H groups in total. The molecule has 13 unspecified atom stereocenters. The molecule has 3 aromatic carbocycles. The van der Waals surface area contributed by atoms with Gasteiger partial charge in [0.15, 0.2) is 0 Å². The summed E-state index contributed by atoms with van der Waals surface area (Å²) in [5, 5.41) is 0. The van der Waals surface area contributed by atoms with Crippen molar-refractivity contribution in [3.63, 3.8) is 0 Å². The highest BCUT2D eigenvalue weighted by molar-refractivity contribution is 5.39. The quantitative estimate of drug-likeness (QED) is 0.180. The van der Waals surface area contributed by atoms with Gasteiger partial charge in [-0.1, -0.05) is 103 Å². The minimum absolute atomic E-state index is 0. The third-order valence-electron chi connectivity index (χ3n) is 14.7. The third-order valence-corrected chi connectivity index (χ3v) is 14.7. The molecule has 0 spiro atoms. The van der Waals surface area contributed by atoms with Gasteiger partial charge in [0, 0.05) is 0 Å². The molecule has 4 bridgehead atoms. The molecular formula is C52H74O6. The topological polar surface area (TPSA) is 65.3 Å². The van der Waals surface area contributed by atoms with Crippen LogP contribution in [0.4, 0.5) is 0 Å². The summed E-state index contributed by atoms with van der Waals surface area (Å²) in [7, 11) is 0. The lowest BCUT2D eigenvalue weighted by Gasteiger charge is -2.32. The zero-order valence-corrected chi connectivity index (χ0v) is 35.3. The van der Waals surface area contributed by atoms with Crippen LogP contribution < -0.4 is 14.2 Å². The molecule has 9 aliphatic rings. The molecule has 6 saturated carbocycles. The fraction of sp³-hybridized carbons (Fsp3) is 0.654. The number of para-hydroxylation sites is 3. The van der Waals surface area contributed by atoms with Gasteiger partial charge in [0.1, 0.15) is 55.4 Å². The smallest absolute Gasteiger partial charge is 0.122 e. The fourth-order valence-corrected chi connectivity index (χ4v) is 12.3. The number of benzene rings is 3. The minimum Gasteiger partial charge on any atom is -0.491 e. The van der Waals surface area contributed by atoms with Gasteiger partial charge in [-0.15, -0.1) is 0 Å². The van der Waals surface area contributed by atoms with Gasteiger partial charge in [-0.2, -0.15) is 0 Å². The molecule has 13 atom stereocenters. The monoisotopic (exact) mass is 795 g/mol. The molecule has 6 aliphatic carbocycles. The van der Waals surface area contributed by atoms with Crippen LogP contribution in [0.25, 0.3) is 0 Å². The summed E-state index contributed by atoms with van der Waals surface area (Å²) < 4.78 is 33.1. The molecule has 6 heteroatoms. The van der Waals surface area contributed by atoms with Crippen LogP contribution in [0.15, 0.2) is 78.9 Å². The van der Waals surface area contributed by atoms with Gasteiger partial charge in [0.05, 0.1) is 19.8 Å². The van der Waals surface area contributed by atoms with Crippen molar-refractivity contribution in [1.82, 2.24) is 0 Å². The second kappa shape index (κ2) is 20.5. The SMILES string of the molecule is C.CC.CC.c1ccc(C2CC3CC2C2CCCC32)c(OCC2CO2)c1.c1ccc(C2CC3CC2C2CCCC32)c(OCC2CO2)c1.c1ccc(OCC2CO2)cc1. The molecule has 6 nitrogen and oxygen atoms in total. The summed E-state index contributed by atoms with van der Waals surface area (Å²) in [6.07, 6.45) is 15.8. The molecule has 9 fully saturated rings. The van der Waals surface area contributed by atoms with E-state index < -0.39 is 0 Å². The van der Waals surface area contributed by atoms with Crippen LogP contribution in [-0.4, -0.2) is 58.0 Å². The van der Waals surface area contributed by atoms with Crippen LogP contribution >= 0.6 is 0 Å². The van der Waals surface area contributed by atoms with Crippen molar-refractivity contribution in [2.75, 3.05) is 39.6 Å². The summed E-state index contributed by atoms with van der Waals surface area (Å²) in [4.78, 5) is 0. The first-order valence-electron chi connectivity index (χ1n) is 23.2. The van der Waals surface area contributed by atoms with Gasteiger partial charge in [-0.25, -0.2) is 0 Å². The molecule has 58 heavy (non-hydrogen) atoms. The molecule has 0 radical (unpaired) electrons. The Labute approximate surface area is 351 Å². The normalized spacial score (nSPS) is 35.4. The highest BCUT2D eigenvalue weighted by Gasteiger charge is 2.55. The Morgan fingerprint density at radius 1 is 0.448 bits per heavy atom. The predicted molar refractivity (Wildman–Crippen MR) is 234 cm³/mol. The van der Waals surface area contributed by atoms with E-state index in [-0.39, 0.29) is 7.43 Å². The largest absolute Gasteiger partial charge is 0.491 e. The summed E-state index contributed by atoms with van der Waals surface area (Å²) >= 11 is 0. The standard InChI is InChI=1S/2C19H24O2.C9H10O2.2C2H6.CH4/c2*1-2-7-19(21-11-13-10-20-13)16(4-1)18-9-12-8-17(18)15-6-3-5-14(12)15;1-2-4-8(5-3-1)10-6-9-7-11-9;2*1-2;/h2*1-2,4,7,12-15,17-18H,3,5-6,8-11H2;1-5,9H,6-7H2;2*1-2H3;1H4. The lowest BCUT2D eigenvalue weighted by atomic mass is 9.73. The van der Waals surface area contributed by atoms with Crippen LogP contribution in [0.2, 0.25) is 0 Å². The number of rotatable bonds is 11. The van der Waals surface area contributed by atoms with Gasteiger partial charge in [0.25, 0.3) is 0 Å². The Morgan fingerprint density at radius 2 is 0.828 bits per heavy atom. The van der Waals surface area contributed by atoms with E-state index in [2.05, 4.69) is 48.5 Å². The summed E-state index contributed by atoms with van der Waals surface area (Å²) in [6, 6.07) is 27.3. The van der Waals surface area contributed by atoms with Gasteiger partial charge < -0.3 is 28.4 Å². The van der Waals surface area contributed by atoms with Gasteiger partial charge in [-0.3, -0.25) is 0 Å². The van der Waals surface area contributed by atoms with E-state index in [1.807, 2.05) is 58.0 Å². The van der Waals surface area contributed by atoms with Gasteiger partial charge in [0.2, 0.25) is 0 Å². The van der Waals surface area contributed by atoms with Crippen molar-refractivity contribution in [2.45, 2.75) is 129 Å². The van der Waals surface area contributed by atoms with E-state index >= 15 is 0 Å². The van der Waals surface area contributed by atoms with Crippen LogP contribution in [0.3, 0.4) is 0 Å². The minimum atomic E-state index is 0. The molecule has 318 valence electrons. The first-order chi connectivity index (χ1) is 28.2. The zero-order valence-electron chi connectivity index (χ0n) is 35.3. The van der Waals surface area contributed by atoms with Crippen molar-refractivity contribution >= 4 is 0 Å². The Balaban J connectivity index is 0.000000131. The van der Waals surface area contributed by atoms with E-state index in [0.29, 0.717) is 24.9 Å². The molecule has 3 saturated heterocycles. The summed E-state index contributed by atoms with van der Waals surface area (Å²) in [6.45, 7) is 12.7. The lowest BCUT2D eigenvalue weighted by molar-refractivity contribution is 0.223. The van der Waals surface area contributed by atoms with Crippen molar-refractivity contribution in [2.24, 2.45) is 47.3 Å². The van der Waals surface area contributed by atoms with Crippen molar-refractivity contribution in [3.8, 4) is 17.2 Å². The average Bonchev–Trinajstić information content (AvgIpc) is 4.19. The summed E-state index contributed by atoms with van der Waals surface area (Å²) in [5.74, 6) is 12.7. The molecule has 3 aliphatic heterocycles. The average molecular weight is 795 g/mol. The molecule has 0 amide bonds. The maximum atomic E-state index is 6.07. The van der Waals surface area contributed by atoms with Gasteiger partial charge in [-0.05, 0) is 146 Å². The second-order valence-corrected chi connectivity index (χ2v) is 17.7. The van der Waals surface area contributed by atoms with Crippen LogP contribution in [0, 0.1) is 47.3 Å². The first-order valence-corrected chi connectivity index (χ1v) is 23.2. The second-order valence-electron chi connectivity index (χ2n) is 17.7. The van der Waals surface area contributed by atoms with Crippen LogP contribution in [-0.2, 0) is 14.2 Å². The van der Waals surface area contributed by atoms with Gasteiger partial charge >= 0.3 is 0 Å². The Bertz CT molecular complexity index is 1570. The number of ether oxygens (including phenoxy) is 6. The van der Waals surface area contributed by atoms with Crippen molar-refractivity contribution in [3.05, 3.63) is 90.0 Å². The maximum absolute atomic E-state index is 6.07. The van der Waals surface area contributed by atoms with E-state index in [1.165, 1.54) is 75.3 Å².